The highest BCUT2D eigenvalue weighted by molar-refractivity contribution is 6.35. The summed E-state index contributed by atoms with van der Waals surface area (Å²) < 4.78 is 27.9. The fourth-order valence-corrected chi connectivity index (χ4v) is 3.71. The molecule has 4 rings (SSSR count). The van der Waals surface area contributed by atoms with E-state index < -0.39 is 17.5 Å². The van der Waals surface area contributed by atoms with Crippen LogP contribution < -0.4 is 5.32 Å². The second-order valence-electron chi connectivity index (χ2n) is 6.19. The minimum Gasteiger partial charge on any atom is -0.348 e. The summed E-state index contributed by atoms with van der Waals surface area (Å²) >= 11 is 5.81. The number of rotatable bonds is 1. The van der Waals surface area contributed by atoms with Crippen molar-refractivity contribution in [2.45, 2.75) is 6.42 Å². The first-order valence-corrected chi connectivity index (χ1v) is 7.54. The van der Waals surface area contributed by atoms with E-state index in [9.17, 15) is 13.6 Å². The first-order valence-electron chi connectivity index (χ1n) is 7.16. The summed E-state index contributed by atoms with van der Waals surface area (Å²) in [7, 11) is 0. The number of amides is 1. The van der Waals surface area contributed by atoms with Crippen molar-refractivity contribution in [2.24, 2.45) is 5.41 Å². The van der Waals surface area contributed by atoms with Crippen molar-refractivity contribution in [3.05, 3.63) is 34.5 Å². The number of aromatic nitrogens is 1. The van der Waals surface area contributed by atoms with E-state index in [0.29, 0.717) is 18.6 Å². The van der Waals surface area contributed by atoms with Crippen LogP contribution in [0.3, 0.4) is 0 Å². The van der Waals surface area contributed by atoms with Crippen LogP contribution in [0.15, 0.2) is 12.1 Å². The van der Waals surface area contributed by atoms with Gasteiger partial charge in [0.15, 0.2) is 5.82 Å². The van der Waals surface area contributed by atoms with Gasteiger partial charge >= 0.3 is 0 Å². The molecule has 1 amide bonds. The molecule has 0 aliphatic carbocycles. The molecule has 3 heterocycles. The van der Waals surface area contributed by atoms with Crippen molar-refractivity contribution in [3.8, 4) is 0 Å². The highest BCUT2D eigenvalue weighted by atomic mass is 35.5. The van der Waals surface area contributed by atoms with E-state index in [-0.39, 0.29) is 21.5 Å². The number of benzene rings is 1. The van der Waals surface area contributed by atoms with Crippen LogP contribution in [0.2, 0.25) is 5.02 Å². The predicted octanol–water partition coefficient (Wildman–Crippen LogP) is 2.54. The van der Waals surface area contributed by atoms with Crippen molar-refractivity contribution >= 4 is 28.4 Å². The number of likely N-dealkylation sites (tertiary alicyclic amines) is 1. The average molecular weight is 326 g/mol. The fraction of sp³-hybridized carbons (Fsp3) is 0.400. The Hall–Kier alpha value is -1.66. The smallest absolute Gasteiger partial charge is 0.273 e. The van der Waals surface area contributed by atoms with Gasteiger partial charge in [-0.05, 0) is 25.1 Å². The zero-order chi connectivity index (χ0) is 15.5. The number of H-pyrrole nitrogens is 1. The van der Waals surface area contributed by atoms with Crippen LogP contribution in [0, 0.1) is 17.0 Å². The summed E-state index contributed by atoms with van der Waals surface area (Å²) in [5.41, 5.74) is 0.315. The maximum atomic E-state index is 14.5. The molecule has 4 nitrogen and oxygen atoms in total. The molecule has 0 radical (unpaired) electrons. The number of halogens is 3. The van der Waals surface area contributed by atoms with Crippen LogP contribution in [0.1, 0.15) is 16.9 Å². The second kappa shape index (κ2) is 4.67. The molecule has 2 saturated heterocycles. The molecule has 1 aromatic heterocycles. The summed E-state index contributed by atoms with van der Waals surface area (Å²) in [5.74, 6) is -1.89. The molecule has 116 valence electrons. The van der Waals surface area contributed by atoms with Crippen molar-refractivity contribution in [3.63, 3.8) is 0 Å². The molecular weight excluding hydrogens is 312 g/mol. The van der Waals surface area contributed by atoms with Crippen LogP contribution in [0.25, 0.3) is 10.9 Å². The first kappa shape index (κ1) is 14.0. The van der Waals surface area contributed by atoms with Crippen LogP contribution in [0.4, 0.5) is 8.78 Å². The van der Waals surface area contributed by atoms with Gasteiger partial charge in [-0.25, -0.2) is 8.78 Å². The zero-order valence-electron chi connectivity index (χ0n) is 11.7. The van der Waals surface area contributed by atoms with E-state index in [4.69, 9.17) is 11.6 Å². The molecule has 2 aliphatic heterocycles. The third kappa shape index (κ3) is 1.87. The largest absolute Gasteiger partial charge is 0.348 e. The molecule has 2 fully saturated rings. The van der Waals surface area contributed by atoms with E-state index in [1.165, 1.54) is 6.07 Å². The molecule has 1 spiro atoms. The van der Waals surface area contributed by atoms with E-state index in [1.807, 2.05) is 0 Å². The Bertz CT molecular complexity index is 775. The minimum absolute atomic E-state index is 0.0669. The number of carbonyl (C=O) groups excluding carboxylic acids is 1. The molecule has 7 heteroatoms. The van der Waals surface area contributed by atoms with Gasteiger partial charge in [0.25, 0.3) is 5.91 Å². The van der Waals surface area contributed by atoms with Crippen molar-refractivity contribution in [2.75, 3.05) is 26.2 Å². The van der Waals surface area contributed by atoms with Crippen LogP contribution in [-0.4, -0.2) is 42.0 Å². The van der Waals surface area contributed by atoms with Crippen molar-refractivity contribution < 1.29 is 13.6 Å². The molecule has 0 bridgehead atoms. The van der Waals surface area contributed by atoms with Gasteiger partial charge in [-0.2, -0.15) is 0 Å². The minimum atomic E-state index is -0.782. The topological polar surface area (TPSA) is 48.1 Å². The molecule has 0 atom stereocenters. The van der Waals surface area contributed by atoms with Gasteiger partial charge in [-0.3, -0.25) is 4.79 Å². The Morgan fingerprint density at radius 1 is 1.32 bits per heavy atom. The lowest BCUT2D eigenvalue weighted by Gasteiger charge is -2.47. The summed E-state index contributed by atoms with van der Waals surface area (Å²) in [6.07, 6.45) is 1.03. The summed E-state index contributed by atoms with van der Waals surface area (Å²) in [4.78, 5) is 16.8. The summed E-state index contributed by atoms with van der Waals surface area (Å²) in [6.45, 7) is 3.09. The SMILES string of the molecule is O=C(c1[nH]c2ccc(F)c(Cl)c2c1F)N1CC2(CCNC2)C1. The summed E-state index contributed by atoms with van der Waals surface area (Å²) in [6, 6.07) is 2.53. The average Bonchev–Trinajstić information content (AvgIpc) is 3.06. The van der Waals surface area contributed by atoms with Gasteiger partial charge in [0.1, 0.15) is 11.5 Å². The molecule has 2 aromatic rings. The van der Waals surface area contributed by atoms with Gasteiger partial charge in [0.05, 0.1) is 15.9 Å². The number of fused-ring (bicyclic) bond motifs is 1. The number of hydrogen-bond acceptors (Lipinski definition) is 2. The lowest BCUT2D eigenvalue weighted by atomic mass is 9.79. The number of carbonyl (C=O) groups is 1. The number of nitrogens with zero attached hydrogens (tertiary/aromatic N) is 1. The monoisotopic (exact) mass is 325 g/mol. The lowest BCUT2D eigenvalue weighted by molar-refractivity contribution is 0.0151. The van der Waals surface area contributed by atoms with Crippen LogP contribution in [0.5, 0.6) is 0 Å². The zero-order valence-corrected chi connectivity index (χ0v) is 12.4. The molecule has 22 heavy (non-hydrogen) atoms. The second-order valence-corrected chi connectivity index (χ2v) is 6.56. The molecule has 2 aliphatic rings. The lowest BCUT2D eigenvalue weighted by Crippen LogP contribution is -2.59. The third-order valence-corrected chi connectivity index (χ3v) is 5.05. The molecule has 0 saturated carbocycles. The van der Waals surface area contributed by atoms with Gasteiger partial charge in [0.2, 0.25) is 0 Å². The number of aromatic amines is 1. The Labute approximate surface area is 130 Å². The molecule has 0 unspecified atom stereocenters. The summed E-state index contributed by atoms with van der Waals surface area (Å²) in [5, 5.41) is 2.91. The molecule has 2 N–H and O–H groups in total. The predicted molar refractivity (Wildman–Crippen MR) is 79.0 cm³/mol. The number of nitrogens with one attached hydrogen (secondary N) is 2. The standard InChI is InChI=1S/C15H14ClF2N3O/c16-11-8(17)1-2-9-10(11)12(18)13(20-9)14(22)21-6-15(7-21)3-4-19-5-15/h1-2,19-20H,3-7H2. The van der Waals surface area contributed by atoms with E-state index >= 15 is 0 Å². The van der Waals surface area contributed by atoms with Crippen molar-refractivity contribution in [1.29, 1.82) is 0 Å². The Kier molecular flexibility index (Phi) is 2.96. The van der Waals surface area contributed by atoms with Crippen molar-refractivity contribution in [1.82, 2.24) is 15.2 Å². The van der Waals surface area contributed by atoms with Gasteiger partial charge in [-0.15, -0.1) is 0 Å². The van der Waals surface area contributed by atoms with Crippen LogP contribution >= 0.6 is 11.6 Å². The van der Waals surface area contributed by atoms with Crippen LogP contribution in [-0.2, 0) is 0 Å². The number of hydrogen-bond donors (Lipinski definition) is 2. The fourth-order valence-electron chi connectivity index (χ4n) is 3.46. The Morgan fingerprint density at radius 3 is 2.77 bits per heavy atom. The Morgan fingerprint density at radius 2 is 2.09 bits per heavy atom. The quantitative estimate of drug-likeness (QED) is 0.846. The maximum Gasteiger partial charge on any atom is 0.273 e. The van der Waals surface area contributed by atoms with Gasteiger partial charge in [-0.1, -0.05) is 11.6 Å². The normalized spacial score (nSPS) is 19.9. The highest BCUT2D eigenvalue weighted by Crippen LogP contribution is 2.38. The third-order valence-electron chi connectivity index (χ3n) is 4.68. The van der Waals surface area contributed by atoms with Gasteiger partial charge < -0.3 is 15.2 Å². The van der Waals surface area contributed by atoms with Gasteiger partial charge in [0, 0.05) is 25.0 Å². The maximum absolute atomic E-state index is 14.5. The molecular formula is C15H14ClF2N3O. The molecule has 1 aromatic carbocycles. The van der Waals surface area contributed by atoms with E-state index in [1.54, 1.807) is 4.90 Å². The van der Waals surface area contributed by atoms with E-state index in [2.05, 4.69) is 10.3 Å². The first-order chi connectivity index (χ1) is 10.5. The Balaban J connectivity index is 1.66. The van der Waals surface area contributed by atoms with E-state index in [0.717, 1.165) is 25.6 Å². The highest BCUT2D eigenvalue weighted by Gasteiger charge is 2.47.